The highest BCUT2D eigenvalue weighted by Crippen LogP contribution is 2.30. The van der Waals surface area contributed by atoms with Crippen molar-refractivity contribution in [2.45, 2.75) is 45.4 Å². The summed E-state index contributed by atoms with van der Waals surface area (Å²) in [7, 11) is 0. The second kappa shape index (κ2) is 7.62. The molecule has 2 aliphatic heterocycles. The first-order valence-electron chi connectivity index (χ1n) is 9.02. The minimum absolute atomic E-state index is 0.0135. The van der Waals surface area contributed by atoms with Crippen LogP contribution in [-0.4, -0.2) is 55.5 Å². The lowest BCUT2D eigenvalue weighted by Crippen LogP contribution is -2.58. The molecule has 1 N–H and O–H groups in total. The highest BCUT2D eigenvalue weighted by molar-refractivity contribution is 5.74. The molecular weight excluding hydrogens is 320 g/mol. The van der Waals surface area contributed by atoms with Gasteiger partial charge in [0.05, 0.1) is 25.9 Å². The Morgan fingerprint density at radius 2 is 2.32 bits per heavy atom. The van der Waals surface area contributed by atoms with Crippen LogP contribution in [-0.2, 0) is 16.0 Å². The van der Waals surface area contributed by atoms with Crippen LogP contribution < -0.4 is 10.1 Å². The van der Waals surface area contributed by atoms with Gasteiger partial charge < -0.3 is 24.4 Å². The number of rotatable bonds is 4. The van der Waals surface area contributed by atoms with Crippen molar-refractivity contribution in [3.8, 4) is 5.75 Å². The van der Waals surface area contributed by atoms with E-state index in [1.165, 1.54) is 0 Å². The Morgan fingerprint density at radius 3 is 3.04 bits per heavy atom. The number of hydrogen-bond acceptors (Lipinski definition) is 4. The van der Waals surface area contributed by atoms with Crippen molar-refractivity contribution in [2.24, 2.45) is 0 Å². The van der Waals surface area contributed by atoms with Crippen LogP contribution in [0.5, 0.6) is 5.75 Å². The van der Waals surface area contributed by atoms with Crippen LogP contribution in [0.25, 0.3) is 0 Å². The molecule has 0 unspecified atom stereocenters. The average molecular weight is 348 g/mol. The normalized spacial score (nSPS) is 26.0. The topological polar surface area (TPSA) is 60.0 Å². The zero-order valence-corrected chi connectivity index (χ0v) is 15.3. The zero-order valence-electron chi connectivity index (χ0n) is 15.3. The van der Waals surface area contributed by atoms with Gasteiger partial charge in [-0.2, -0.15) is 0 Å². The Labute approximate surface area is 149 Å². The fourth-order valence-electron chi connectivity index (χ4n) is 3.57. The van der Waals surface area contributed by atoms with E-state index >= 15 is 0 Å². The third kappa shape index (κ3) is 4.25. The van der Waals surface area contributed by atoms with Crippen molar-refractivity contribution in [3.05, 3.63) is 29.3 Å². The van der Waals surface area contributed by atoms with Gasteiger partial charge in [-0.25, -0.2) is 4.79 Å². The van der Waals surface area contributed by atoms with Crippen molar-refractivity contribution in [1.29, 1.82) is 0 Å². The standard InChI is InChI=1S/C19H28N2O4/c1-4-24-17-9-14(2)5-6-16(17)10-20-18(22)21-11-15(3)25-19(12-21)7-8-23-13-19/h5-6,9,15H,4,7-8,10-13H2,1-3H3,(H,20,22)/t15-,19+/m1/s1. The summed E-state index contributed by atoms with van der Waals surface area (Å²) < 4.78 is 17.3. The summed E-state index contributed by atoms with van der Waals surface area (Å²) in [6.45, 7) is 9.49. The van der Waals surface area contributed by atoms with E-state index in [0.29, 0.717) is 39.5 Å². The molecule has 1 aromatic rings. The molecule has 2 atom stereocenters. The van der Waals surface area contributed by atoms with E-state index in [9.17, 15) is 4.79 Å². The molecule has 25 heavy (non-hydrogen) atoms. The van der Waals surface area contributed by atoms with Crippen molar-refractivity contribution in [3.63, 3.8) is 0 Å². The molecule has 0 bridgehead atoms. The van der Waals surface area contributed by atoms with Crippen LogP contribution in [0.1, 0.15) is 31.4 Å². The van der Waals surface area contributed by atoms with E-state index in [4.69, 9.17) is 14.2 Å². The van der Waals surface area contributed by atoms with Gasteiger partial charge >= 0.3 is 6.03 Å². The molecule has 2 amide bonds. The number of nitrogens with one attached hydrogen (secondary N) is 1. The number of ether oxygens (including phenoxy) is 3. The van der Waals surface area contributed by atoms with Gasteiger partial charge in [0.2, 0.25) is 0 Å². The van der Waals surface area contributed by atoms with Gasteiger partial charge in [0.25, 0.3) is 0 Å². The Morgan fingerprint density at radius 1 is 1.48 bits per heavy atom. The summed E-state index contributed by atoms with van der Waals surface area (Å²) in [4.78, 5) is 14.5. The fourth-order valence-corrected chi connectivity index (χ4v) is 3.57. The van der Waals surface area contributed by atoms with Gasteiger partial charge in [-0.3, -0.25) is 0 Å². The number of morpholine rings is 1. The van der Waals surface area contributed by atoms with Gasteiger partial charge in [0.15, 0.2) is 0 Å². The largest absolute Gasteiger partial charge is 0.494 e. The van der Waals surface area contributed by atoms with Crippen LogP contribution >= 0.6 is 0 Å². The molecule has 0 aromatic heterocycles. The molecule has 6 heteroatoms. The summed E-state index contributed by atoms with van der Waals surface area (Å²) in [5.74, 6) is 0.832. The number of benzene rings is 1. The second-order valence-electron chi connectivity index (χ2n) is 7.00. The van der Waals surface area contributed by atoms with Gasteiger partial charge in [-0.15, -0.1) is 0 Å². The predicted molar refractivity (Wildman–Crippen MR) is 94.9 cm³/mol. The molecule has 0 saturated carbocycles. The van der Waals surface area contributed by atoms with Crippen LogP contribution in [0.2, 0.25) is 0 Å². The van der Waals surface area contributed by atoms with Crippen LogP contribution in [0.4, 0.5) is 4.79 Å². The summed E-state index contributed by atoms with van der Waals surface area (Å²) >= 11 is 0. The zero-order chi connectivity index (χ0) is 17.9. The maximum absolute atomic E-state index is 12.7. The van der Waals surface area contributed by atoms with E-state index in [0.717, 1.165) is 23.3 Å². The SMILES string of the molecule is CCOc1cc(C)ccc1CNC(=O)N1C[C@@H](C)O[C@@]2(CCOC2)C1. The molecule has 2 aliphatic rings. The molecular formula is C19H28N2O4. The smallest absolute Gasteiger partial charge is 0.317 e. The first-order chi connectivity index (χ1) is 12.0. The maximum Gasteiger partial charge on any atom is 0.317 e. The number of urea groups is 1. The molecule has 2 saturated heterocycles. The molecule has 0 radical (unpaired) electrons. The van der Waals surface area contributed by atoms with E-state index in [-0.39, 0.29) is 17.7 Å². The van der Waals surface area contributed by atoms with Crippen molar-refractivity contribution >= 4 is 6.03 Å². The van der Waals surface area contributed by atoms with Crippen LogP contribution in [0, 0.1) is 6.92 Å². The van der Waals surface area contributed by atoms with Crippen molar-refractivity contribution in [1.82, 2.24) is 10.2 Å². The minimum atomic E-state index is -0.338. The third-order valence-electron chi connectivity index (χ3n) is 4.71. The molecule has 3 rings (SSSR count). The number of hydrogen-bond donors (Lipinski definition) is 1. The number of nitrogens with zero attached hydrogens (tertiary/aromatic N) is 1. The molecule has 1 aromatic carbocycles. The molecule has 1 spiro atoms. The van der Waals surface area contributed by atoms with Gasteiger partial charge in [0.1, 0.15) is 11.4 Å². The first kappa shape index (κ1) is 18.0. The summed E-state index contributed by atoms with van der Waals surface area (Å²) in [6.07, 6.45) is 0.854. The highest BCUT2D eigenvalue weighted by atomic mass is 16.6. The Bertz CT molecular complexity index is 613. The predicted octanol–water partition coefficient (Wildman–Crippen LogP) is 2.48. The quantitative estimate of drug-likeness (QED) is 0.908. The van der Waals surface area contributed by atoms with Gasteiger partial charge in [-0.1, -0.05) is 12.1 Å². The monoisotopic (exact) mass is 348 g/mol. The highest BCUT2D eigenvalue weighted by Gasteiger charge is 2.44. The molecule has 0 aliphatic carbocycles. The average Bonchev–Trinajstić information content (AvgIpc) is 3.00. The fraction of sp³-hybridized carbons (Fsp3) is 0.632. The lowest BCUT2D eigenvalue weighted by atomic mass is 9.99. The van der Waals surface area contributed by atoms with Crippen LogP contribution in [0.15, 0.2) is 18.2 Å². The van der Waals surface area contributed by atoms with Crippen LogP contribution in [0.3, 0.4) is 0 Å². The molecule has 138 valence electrons. The number of amides is 2. The molecule has 2 fully saturated rings. The lowest BCUT2D eigenvalue weighted by molar-refractivity contribution is -0.137. The van der Waals surface area contributed by atoms with Gasteiger partial charge in [-0.05, 0) is 32.4 Å². The number of carbonyl (C=O) groups is 1. The molecule has 2 heterocycles. The van der Waals surface area contributed by atoms with Crippen molar-refractivity contribution < 1.29 is 19.0 Å². The lowest BCUT2D eigenvalue weighted by Gasteiger charge is -2.42. The Hall–Kier alpha value is -1.79. The van der Waals surface area contributed by atoms with E-state index in [2.05, 4.69) is 5.32 Å². The first-order valence-corrected chi connectivity index (χ1v) is 9.02. The summed E-state index contributed by atoms with van der Waals surface area (Å²) in [6, 6.07) is 5.98. The molecule has 6 nitrogen and oxygen atoms in total. The second-order valence-corrected chi connectivity index (χ2v) is 7.00. The van der Waals surface area contributed by atoms with E-state index in [1.54, 1.807) is 0 Å². The van der Waals surface area contributed by atoms with Gasteiger partial charge in [0, 0.05) is 31.7 Å². The Kier molecular flexibility index (Phi) is 5.49. The summed E-state index contributed by atoms with van der Waals surface area (Å²) in [5.41, 5.74) is 1.79. The third-order valence-corrected chi connectivity index (χ3v) is 4.71. The van der Waals surface area contributed by atoms with E-state index < -0.39 is 0 Å². The summed E-state index contributed by atoms with van der Waals surface area (Å²) in [5, 5.41) is 3.02. The number of aryl methyl sites for hydroxylation is 1. The minimum Gasteiger partial charge on any atom is -0.494 e. The van der Waals surface area contributed by atoms with E-state index in [1.807, 2.05) is 43.9 Å². The number of carbonyl (C=O) groups excluding carboxylic acids is 1. The Balaban J connectivity index is 1.62. The maximum atomic E-state index is 12.7. The van der Waals surface area contributed by atoms with Crippen molar-refractivity contribution in [2.75, 3.05) is 32.9 Å².